The van der Waals surface area contributed by atoms with E-state index in [2.05, 4.69) is 21.7 Å². The molecule has 0 saturated heterocycles. The Morgan fingerprint density at radius 1 is 1.15 bits per heavy atom. The molecule has 0 atom stereocenters. The molecule has 4 rings (SSSR count). The molecule has 0 bridgehead atoms. The summed E-state index contributed by atoms with van der Waals surface area (Å²) in [5.74, 6) is 0.318. The molecule has 2 heterocycles. The summed E-state index contributed by atoms with van der Waals surface area (Å²) in [6.45, 7) is 0.572. The third-order valence-electron chi connectivity index (χ3n) is 6.14. The minimum atomic E-state index is -3.92. The van der Waals surface area contributed by atoms with Crippen molar-refractivity contribution in [1.82, 2.24) is 9.88 Å². The molecule has 2 aromatic heterocycles. The van der Waals surface area contributed by atoms with Gasteiger partial charge < -0.3 is 20.1 Å². The Balaban J connectivity index is 0.000000507. The zero-order valence-corrected chi connectivity index (χ0v) is 24.5. The van der Waals surface area contributed by atoms with Crippen LogP contribution in [-0.2, 0) is 33.9 Å². The van der Waals surface area contributed by atoms with Gasteiger partial charge in [-0.25, -0.2) is 18.0 Å². The second-order valence-electron chi connectivity index (χ2n) is 9.83. The number of carbonyl (C=O) groups excluding carboxylic acids is 2. The summed E-state index contributed by atoms with van der Waals surface area (Å²) in [5.41, 5.74) is 2.94. The molecule has 3 aromatic rings. The van der Waals surface area contributed by atoms with Gasteiger partial charge in [-0.15, -0.1) is 0 Å². The standard InChI is InChI=1S/C25H25N5O.C3H7NO.CH4O3S/c1-30-15-10-19(11-16-30)17-28-23-22(5-4-14-27-23)24(31)29-21-8-6-20(7-9-21)25(18-26)12-2-3-13-25;1-4(2)3-5;1-5(2,3)4/h4-11,14-16H,2-3,12-13,17H2,1H3,(H-,27,28,29,31);3H,1-2H3;1H3,(H,2,3,4). The Labute approximate surface area is 241 Å². The zero-order valence-electron chi connectivity index (χ0n) is 23.7. The van der Waals surface area contributed by atoms with Gasteiger partial charge in [0, 0.05) is 50.9 Å². The number of nitrogens with one attached hydrogen (secondary N) is 2. The average molecular weight is 581 g/mol. The van der Waals surface area contributed by atoms with E-state index in [1.54, 1.807) is 32.4 Å². The molecule has 1 fully saturated rings. The zero-order chi connectivity index (χ0) is 30.5. The van der Waals surface area contributed by atoms with Crippen LogP contribution in [0.15, 0.2) is 67.1 Å². The van der Waals surface area contributed by atoms with E-state index in [-0.39, 0.29) is 11.3 Å². The van der Waals surface area contributed by atoms with Gasteiger partial charge in [-0.2, -0.15) is 5.26 Å². The first-order valence-electron chi connectivity index (χ1n) is 12.9. The van der Waals surface area contributed by atoms with E-state index in [9.17, 15) is 14.9 Å². The summed E-state index contributed by atoms with van der Waals surface area (Å²) < 4.78 is 29.2. The first-order valence-corrected chi connectivity index (χ1v) is 14.7. The SMILES string of the molecule is CN(C)C=O.CS(=O)(=O)[O-].C[n+]1ccc(CNc2ncccc2C(=O)Nc2ccc(C3(C#N)CCCC3)cc2)cc1. The van der Waals surface area contributed by atoms with Crippen molar-refractivity contribution >= 4 is 33.9 Å². The van der Waals surface area contributed by atoms with Crippen LogP contribution in [0.3, 0.4) is 0 Å². The monoisotopic (exact) mass is 580 g/mol. The highest BCUT2D eigenvalue weighted by Gasteiger charge is 2.35. The lowest BCUT2D eigenvalue weighted by Crippen LogP contribution is -2.26. The topological polar surface area (TPSA) is 159 Å². The predicted octanol–water partition coefficient (Wildman–Crippen LogP) is 2.97. The Bertz CT molecular complexity index is 1420. The van der Waals surface area contributed by atoms with E-state index in [0.717, 1.165) is 43.2 Å². The predicted molar refractivity (Wildman–Crippen MR) is 155 cm³/mol. The minimum Gasteiger partial charge on any atom is -0.748 e. The van der Waals surface area contributed by atoms with Crippen LogP contribution in [-0.4, -0.2) is 55.5 Å². The van der Waals surface area contributed by atoms with Gasteiger partial charge in [-0.1, -0.05) is 25.0 Å². The molecule has 2 amide bonds. The molecule has 0 spiro atoms. The molecule has 1 aliphatic carbocycles. The maximum Gasteiger partial charge on any atom is 0.259 e. The number of pyridine rings is 2. The number of nitrogens with zero attached hydrogens (tertiary/aromatic N) is 4. The largest absolute Gasteiger partial charge is 0.748 e. The molecule has 1 aliphatic rings. The van der Waals surface area contributed by atoms with Crippen LogP contribution in [0.25, 0.3) is 0 Å². The van der Waals surface area contributed by atoms with Crippen LogP contribution in [0.5, 0.6) is 0 Å². The van der Waals surface area contributed by atoms with Crippen molar-refractivity contribution in [2.24, 2.45) is 7.05 Å². The summed E-state index contributed by atoms with van der Waals surface area (Å²) >= 11 is 0. The fraction of sp³-hybridized carbons (Fsp3) is 0.345. The molecule has 218 valence electrons. The highest BCUT2D eigenvalue weighted by molar-refractivity contribution is 7.84. The summed E-state index contributed by atoms with van der Waals surface area (Å²) in [5, 5.41) is 15.9. The van der Waals surface area contributed by atoms with Gasteiger partial charge in [-0.3, -0.25) is 9.59 Å². The first-order chi connectivity index (χ1) is 19.4. The average Bonchev–Trinajstić information content (AvgIpc) is 3.43. The van der Waals surface area contributed by atoms with Gasteiger partial charge in [-0.05, 0) is 48.2 Å². The normalized spacial score (nSPS) is 13.3. The van der Waals surface area contributed by atoms with Crippen molar-refractivity contribution in [2.45, 2.75) is 37.6 Å². The van der Waals surface area contributed by atoms with Gasteiger partial charge in [0.2, 0.25) is 6.41 Å². The number of benzene rings is 1. The summed E-state index contributed by atoms with van der Waals surface area (Å²) in [7, 11) is 1.43. The molecule has 2 N–H and O–H groups in total. The highest BCUT2D eigenvalue weighted by atomic mass is 32.2. The molecule has 11 nitrogen and oxygen atoms in total. The van der Waals surface area contributed by atoms with Crippen molar-refractivity contribution in [3.8, 4) is 6.07 Å². The summed E-state index contributed by atoms with van der Waals surface area (Å²) in [6, 6.07) is 17.7. The van der Waals surface area contributed by atoms with Crippen molar-refractivity contribution < 1.29 is 27.1 Å². The van der Waals surface area contributed by atoms with Crippen molar-refractivity contribution in [2.75, 3.05) is 31.0 Å². The van der Waals surface area contributed by atoms with Crippen molar-refractivity contribution in [3.63, 3.8) is 0 Å². The number of amides is 2. The van der Waals surface area contributed by atoms with E-state index in [4.69, 9.17) is 13.0 Å². The molecular weight excluding hydrogens is 544 g/mol. The Morgan fingerprint density at radius 3 is 2.22 bits per heavy atom. The smallest absolute Gasteiger partial charge is 0.259 e. The molecule has 1 saturated carbocycles. The number of aromatic nitrogens is 2. The molecular formula is C29H36N6O5S. The number of carbonyl (C=O) groups is 2. The van der Waals surface area contributed by atoms with E-state index >= 15 is 0 Å². The number of hydrogen-bond acceptors (Lipinski definition) is 8. The van der Waals surface area contributed by atoms with E-state index in [1.165, 1.54) is 4.90 Å². The van der Waals surface area contributed by atoms with Crippen LogP contribution in [0.2, 0.25) is 0 Å². The molecule has 12 heteroatoms. The summed E-state index contributed by atoms with van der Waals surface area (Å²) in [4.78, 5) is 28.1. The molecule has 1 aromatic carbocycles. The van der Waals surface area contributed by atoms with Gasteiger partial charge >= 0.3 is 0 Å². The molecule has 0 aliphatic heterocycles. The third-order valence-corrected chi connectivity index (χ3v) is 6.14. The lowest BCUT2D eigenvalue weighted by atomic mass is 9.80. The van der Waals surface area contributed by atoms with E-state index in [0.29, 0.717) is 29.9 Å². The number of rotatable bonds is 7. The van der Waals surface area contributed by atoms with E-state index in [1.807, 2.05) is 60.4 Å². The maximum absolute atomic E-state index is 12.9. The van der Waals surface area contributed by atoms with E-state index < -0.39 is 10.1 Å². The lowest BCUT2D eigenvalue weighted by molar-refractivity contribution is -0.671. The quantitative estimate of drug-likeness (QED) is 0.245. The van der Waals surface area contributed by atoms with Crippen LogP contribution in [0, 0.1) is 11.3 Å². The lowest BCUT2D eigenvalue weighted by Gasteiger charge is -2.21. The summed E-state index contributed by atoms with van der Waals surface area (Å²) in [6.07, 6.45) is 11.0. The second kappa shape index (κ2) is 15.4. The first kappa shape index (κ1) is 32.9. The fourth-order valence-electron chi connectivity index (χ4n) is 4.08. The van der Waals surface area contributed by atoms with Crippen LogP contribution in [0.1, 0.15) is 47.2 Å². The number of aryl methyl sites for hydroxylation is 1. The number of nitriles is 1. The highest BCUT2D eigenvalue weighted by Crippen LogP contribution is 2.40. The van der Waals surface area contributed by atoms with Crippen LogP contribution in [0.4, 0.5) is 11.5 Å². The molecule has 41 heavy (non-hydrogen) atoms. The van der Waals surface area contributed by atoms with Gasteiger partial charge in [0.1, 0.15) is 12.9 Å². The number of hydrogen-bond donors (Lipinski definition) is 2. The maximum atomic E-state index is 12.9. The third kappa shape index (κ3) is 11.4. The van der Waals surface area contributed by atoms with Gasteiger partial charge in [0.05, 0.1) is 27.2 Å². The molecule has 0 radical (unpaired) electrons. The molecule has 0 unspecified atom stereocenters. The second-order valence-corrected chi connectivity index (χ2v) is 11.2. The van der Waals surface area contributed by atoms with Crippen molar-refractivity contribution in [3.05, 3.63) is 83.8 Å². The Kier molecular flexibility index (Phi) is 12.4. The van der Waals surface area contributed by atoms with Crippen molar-refractivity contribution in [1.29, 1.82) is 5.26 Å². The minimum absolute atomic E-state index is 0.223. The van der Waals surface area contributed by atoms with Gasteiger partial charge in [0.15, 0.2) is 12.4 Å². The van der Waals surface area contributed by atoms with Crippen LogP contribution >= 0.6 is 0 Å². The van der Waals surface area contributed by atoms with Gasteiger partial charge in [0.25, 0.3) is 5.91 Å². The number of anilines is 2. The van der Waals surface area contributed by atoms with Crippen LogP contribution < -0.4 is 15.2 Å². The Morgan fingerprint density at radius 2 is 1.71 bits per heavy atom. The fourth-order valence-corrected chi connectivity index (χ4v) is 4.08. The Hall–Kier alpha value is -4.34.